The summed E-state index contributed by atoms with van der Waals surface area (Å²) in [6.07, 6.45) is 2.61. The van der Waals surface area contributed by atoms with Crippen LogP contribution in [-0.2, 0) is 6.54 Å². The molecule has 1 aliphatic rings. The number of quaternary nitrogens is 1. The average molecular weight is 355 g/mol. The second-order valence-electron chi connectivity index (χ2n) is 6.99. The zero-order chi connectivity index (χ0) is 17.1. The highest BCUT2D eigenvalue weighted by Gasteiger charge is 2.35. The zero-order valence-electron chi connectivity index (χ0n) is 14.5. The summed E-state index contributed by atoms with van der Waals surface area (Å²) in [6.45, 7) is 5.44. The molecule has 5 nitrogen and oxygen atoms in total. The van der Waals surface area contributed by atoms with Crippen molar-refractivity contribution >= 4 is 11.3 Å². The van der Waals surface area contributed by atoms with Crippen molar-refractivity contribution in [3.63, 3.8) is 0 Å². The number of nitrogens with one attached hydrogen (secondary N) is 1. The van der Waals surface area contributed by atoms with E-state index in [0.29, 0.717) is 6.54 Å². The highest BCUT2D eigenvalue weighted by Crippen LogP contribution is 2.23. The Morgan fingerprint density at radius 3 is 2.88 bits per heavy atom. The summed E-state index contributed by atoms with van der Waals surface area (Å²) in [4.78, 5) is 2.94. The maximum atomic E-state index is 4.46. The van der Waals surface area contributed by atoms with Gasteiger partial charge >= 0.3 is 0 Å². The first-order valence-corrected chi connectivity index (χ1v) is 9.87. The molecule has 1 N–H and O–H groups in total. The van der Waals surface area contributed by atoms with Gasteiger partial charge in [0.1, 0.15) is 0 Å². The Hall–Kier alpha value is -2.05. The average Bonchev–Trinajstić information content (AvgIpc) is 3.30. The number of tetrazole rings is 1. The molecule has 2 aromatic heterocycles. The maximum Gasteiger partial charge on any atom is 0.215 e. The number of thiophene rings is 1. The van der Waals surface area contributed by atoms with Crippen LogP contribution in [0, 0.1) is 5.92 Å². The number of benzene rings is 1. The van der Waals surface area contributed by atoms with Crippen LogP contribution in [0.5, 0.6) is 0 Å². The molecule has 0 amide bonds. The van der Waals surface area contributed by atoms with E-state index in [1.54, 1.807) is 4.90 Å². The van der Waals surface area contributed by atoms with Crippen LogP contribution in [0.15, 0.2) is 47.8 Å². The quantitative estimate of drug-likeness (QED) is 0.764. The molecule has 0 bridgehead atoms. The van der Waals surface area contributed by atoms with Crippen LogP contribution >= 0.6 is 11.3 Å². The first kappa shape index (κ1) is 16.4. The van der Waals surface area contributed by atoms with E-state index in [0.717, 1.165) is 11.7 Å². The van der Waals surface area contributed by atoms with Crippen molar-refractivity contribution in [2.75, 3.05) is 13.1 Å². The summed E-state index contributed by atoms with van der Waals surface area (Å²) in [5.41, 5.74) is 1.22. The van der Waals surface area contributed by atoms with Crippen molar-refractivity contribution in [3.8, 4) is 0 Å². The summed E-state index contributed by atoms with van der Waals surface area (Å²) in [5, 5.41) is 14.9. The van der Waals surface area contributed by atoms with E-state index in [9.17, 15) is 0 Å². The minimum atomic E-state index is 0.224. The van der Waals surface area contributed by atoms with Gasteiger partial charge < -0.3 is 4.90 Å². The molecule has 1 unspecified atom stereocenters. The lowest BCUT2D eigenvalue weighted by Crippen LogP contribution is -3.14. The normalized spacial score (nSPS) is 22.0. The number of rotatable bonds is 5. The van der Waals surface area contributed by atoms with Crippen molar-refractivity contribution in [1.29, 1.82) is 0 Å². The van der Waals surface area contributed by atoms with Crippen LogP contribution in [0.25, 0.3) is 0 Å². The van der Waals surface area contributed by atoms with E-state index < -0.39 is 0 Å². The fraction of sp³-hybridized carbons (Fsp3) is 0.421. The van der Waals surface area contributed by atoms with Crippen LogP contribution in [-0.4, -0.2) is 33.3 Å². The molecule has 1 saturated heterocycles. The number of hydrogen-bond acceptors (Lipinski definition) is 4. The number of nitrogens with zero attached hydrogens (tertiary/aromatic N) is 4. The Morgan fingerprint density at radius 2 is 2.12 bits per heavy atom. The Morgan fingerprint density at radius 1 is 1.24 bits per heavy atom. The van der Waals surface area contributed by atoms with Gasteiger partial charge in [0.15, 0.2) is 6.04 Å². The number of aromatic nitrogens is 4. The molecule has 130 valence electrons. The topological polar surface area (TPSA) is 48.0 Å². The Labute approximate surface area is 152 Å². The van der Waals surface area contributed by atoms with Crippen LogP contribution < -0.4 is 4.90 Å². The van der Waals surface area contributed by atoms with Crippen molar-refractivity contribution in [3.05, 3.63) is 64.1 Å². The SMILES string of the molecule is C[C@H]1CCC[NH+]([C@H](c2cccs2)c2nnnn2Cc2ccccc2)C1. The maximum absolute atomic E-state index is 4.46. The zero-order valence-corrected chi connectivity index (χ0v) is 15.3. The first-order chi connectivity index (χ1) is 12.3. The molecule has 1 fully saturated rings. The third-order valence-corrected chi connectivity index (χ3v) is 5.97. The van der Waals surface area contributed by atoms with E-state index in [-0.39, 0.29) is 6.04 Å². The Kier molecular flexibility index (Phi) is 4.90. The van der Waals surface area contributed by atoms with Crippen LogP contribution in [0.3, 0.4) is 0 Å². The molecule has 4 rings (SSSR count). The second-order valence-corrected chi connectivity index (χ2v) is 7.97. The highest BCUT2D eigenvalue weighted by atomic mass is 32.1. The number of hydrogen-bond donors (Lipinski definition) is 1. The van der Waals surface area contributed by atoms with Gasteiger partial charge in [0.05, 0.1) is 24.5 Å². The van der Waals surface area contributed by atoms with Crippen LogP contribution in [0.2, 0.25) is 0 Å². The van der Waals surface area contributed by atoms with Gasteiger partial charge in [-0.15, -0.1) is 16.4 Å². The summed E-state index contributed by atoms with van der Waals surface area (Å²) in [6, 6.07) is 15.0. The van der Waals surface area contributed by atoms with Crippen molar-refractivity contribution in [2.45, 2.75) is 32.4 Å². The molecule has 3 heterocycles. The first-order valence-electron chi connectivity index (χ1n) is 8.99. The largest absolute Gasteiger partial charge is 0.321 e. The molecular weight excluding hydrogens is 330 g/mol. The molecule has 25 heavy (non-hydrogen) atoms. The predicted octanol–water partition coefficient (Wildman–Crippen LogP) is 2.19. The molecular formula is C19H24N5S+. The lowest BCUT2D eigenvalue weighted by Gasteiger charge is -2.33. The summed E-state index contributed by atoms with van der Waals surface area (Å²) in [5.74, 6) is 1.74. The fourth-order valence-electron chi connectivity index (χ4n) is 3.85. The van der Waals surface area contributed by atoms with Crippen molar-refractivity contribution in [1.82, 2.24) is 20.2 Å². The van der Waals surface area contributed by atoms with Gasteiger partial charge in [-0.2, -0.15) is 0 Å². The third-order valence-electron chi connectivity index (χ3n) is 5.03. The van der Waals surface area contributed by atoms with E-state index in [1.165, 1.54) is 36.4 Å². The summed E-state index contributed by atoms with van der Waals surface area (Å²) in [7, 11) is 0. The van der Waals surface area contributed by atoms with E-state index in [4.69, 9.17) is 0 Å². The standard InChI is InChI=1S/C19H23N5S/c1-15-7-5-11-23(13-15)18(17-10-6-12-25-17)19-20-21-22-24(19)14-16-8-3-2-4-9-16/h2-4,6,8-10,12,15,18H,5,7,11,13-14H2,1H3/p+1/t15-,18+/m0/s1. The molecule has 3 aromatic rings. The van der Waals surface area contributed by atoms with Gasteiger partial charge in [0.25, 0.3) is 0 Å². The number of likely N-dealkylation sites (tertiary alicyclic amines) is 1. The van der Waals surface area contributed by atoms with Crippen LogP contribution in [0.4, 0.5) is 0 Å². The molecule has 1 aromatic carbocycles. The van der Waals surface area contributed by atoms with E-state index in [2.05, 4.69) is 64.2 Å². The molecule has 0 spiro atoms. The molecule has 3 atom stereocenters. The van der Waals surface area contributed by atoms with Gasteiger partial charge in [-0.1, -0.05) is 43.3 Å². The fourth-order valence-corrected chi connectivity index (χ4v) is 4.72. The smallest absolute Gasteiger partial charge is 0.215 e. The van der Waals surface area contributed by atoms with E-state index >= 15 is 0 Å². The summed E-state index contributed by atoms with van der Waals surface area (Å²) >= 11 is 1.81. The molecule has 0 radical (unpaired) electrons. The monoisotopic (exact) mass is 354 g/mol. The van der Waals surface area contributed by atoms with Gasteiger partial charge in [-0.3, -0.25) is 0 Å². The minimum Gasteiger partial charge on any atom is -0.321 e. The lowest BCUT2D eigenvalue weighted by molar-refractivity contribution is -0.934. The van der Waals surface area contributed by atoms with Crippen molar-refractivity contribution < 1.29 is 4.90 Å². The minimum absolute atomic E-state index is 0.224. The van der Waals surface area contributed by atoms with Crippen LogP contribution in [0.1, 0.15) is 42.1 Å². The predicted molar refractivity (Wildman–Crippen MR) is 98.6 cm³/mol. The van der Waals surface area contributed by atoms with Gasteiger partial charge in [0.2, 0.25) is 5.82 Å². The van der Waals surface area contributed by atoms with E-state index in [1.807, 2.05) is 22.1 Å². The molecule has 0 aliphatic carbocycles. The Balaban J connectivity index is 1.67. The number of piperidine rings is 1. The van der Waals surface area contributed by atoms with Gasteiger partial charge in [-0.05, 0) is 40.3 Å². The Bertz CT molecular complexity index is 783. The highest BCUT2D eigenvalue weighted by molar-refractivity contribution is 7.10. The lowest BCUT2D eigenvalue weighted by atomic mass is 9.98. The van der Waals surface area contributed by atoms with Gasteiger partial charge in [-0.25, -0.2) is 4.68 Å². The summed E-state index contributed by atoms with van der Waals surface area (Å²) < 4.78 is 1.98. The second kappa shape index (κ2) is 7.45. The third kappa shape index (κ3) is 3.65. The van der Waals surface area contributed by atoms with Crippen molar-refractivity contribution in [2.24, 2.45) is 5.92 Å². The van der Waals surface area contributed by atoms with Gasteiger partial charge in [0, 0.05) is 5.92 Å². The molecule has 0 saturated carbocycles. The molecule has 6 heteroatoms. The molecule has 1 aliphatic heterocycles.